The van der Waals surface area contributed by atoms with Crippen molar-refractivity contribution in [3.05, 3.63) is 47.5 Å². The van der Waals surface area contributed by atoms with Gasteiger partial charge in [-0.1, -0.05) is 12.1 Å². The molecule has 2 aromatic rings. The fourth-order valence-electron chi connectivity index (χ4n) is 3.80. The SMILES string of the molecule is COc1cccc2c1CCC(CNC[C@@H](O)COc1ccc(O)c(NS(C)(=O)=O)c1)C2. The molecular formula is C22H30N2O6S. The van der Waals surface area contributed by atoms with Gasteiger partial charge in [0.05, 0.1) is 19.1 Å². The zero-order chi connectivity index (χ0) is 22.4. The molecule has 2 atom stereocenters. The predicted molar refractivity (Wildman–Crippen MR) is 119 cm³/mol. The number of ether oxygens (including phenoxy) is 2. The smallest absolute Gasteiger partial charge is 0.229 e. The number of phenols is 1. The fraction of sp³-hybridized carbons (Fsp3) is 0.455. The van der Waals surface area contributed by atoms with Crippen LogP contribution in [0.2, 0.25) is 0 Å². The summed E-state index contributed by atoms with van der Waals surface area (Å²) >= 11 is 0. The molecule has 4 N–H and O–H groups in total. The van der Waals surface area contributed by atoms with E-state index in [9.17, 15) is 18.6 Å². The second kappa shape index (κ2) is 10.2. The topological polar surface area (TPSA) is 117 Å². The molecule has 0 aromatic heterocycles. The number of sulfonamides is 1. The highest BCUT2D eigenvalue weighted by Gasteiger charge is 2.21. The van der Waals surface area contributed by atoms with E-state index in [1.807, 2.05) is 12.1 Å². The number of aliphatic hydroxyl groups excluding tert-OH is 1. The van der Waals surface area contributed by atoms with Gasteiger partial charge in [-0.25, -0.2) is 8.42 Å². The maximum atomic E-state index is 11.4. The Bertz CT molecular complexity index is 995. The molecule has 170 valence electrons. The number of phenolic OH excluding ortho intramolecular Hbond substituents is 1. The van der Waals surface area contributed by atoms with Crippen LogP contribution < -0.4 is 19.5 Å². The Morgan fingerprint density at radius 2 is 2.06 bits per heavy atom. The molecule has 0 fully saturated rings. The van der Waals surface area contributed by atoms with Crippen LogP contribution in [-0.2, 0) is 22.9 Å². The summed E-state index contributed by atoms with van der Waals surface area (Å²) in [5.74, 6) is 1.60. The zero-order valence-corrected chi connectivity index (χ0v) is 18.6. The van der Waals surface area contributed by atoms with Crippen molar-refractivity contribution in [2.24, 2.45) is 5.92 Å². The standard InChI is InChI=1S/C22H30N2O6S/c1-29-22-5-3-4-16-10-15(6-8-19(16)22)12-23-13-17(25)14-30-18-7-9-21(26)20(11-18)24-31(2,27)28/h3-5,7,9,11,15,17,23-26H,6,8,10,12-14H2,1-2H3/t15?,17-/m1/s1. The van der Waals surface area contributed by atoms with Gasteiger partial charge in [0, 0.05) is 12.6 Å². The van der Waals surface area contributed by atoms with Crippen molar-refractivity contribution >= 4 is 15.7 Å². The minimum absolute atomic E-state index is 0.0295. The number of fused-ring (bicyclic) bond motifs is 1. The lowest BCUT2D eigenvalue weighted by atomic mass is 9.83. The van der Waals surface area contributed by atoms with Crippen LogP contribution in [0.1, 0.15) is 17.5 Å². The number of benzene rings is 2. The lowest BCUT2D eigenvalue weighted by Crippen LogP contribution is -2.35. The van der Waals surface area contributed by atoms with E-state index in [0.29, 0.717) is 18.2 Å². The van der Waals surface area contributed by atoms with Crippen LogP contribution in [0, 0.1) is 5.92 Å². The summed E-state index contributed by atoms with van der Waals surface area (Å²) in [6.07, 6.45) is 3.31. The van der Waals surface area contributed by atoms with E-state index in [0.717, 1.165) is 37.8 Å². The number of hydrogen-bond acceptors (Lipinski definition) is 7. The number of nitrogens with one attached hydrogen (secondary N) is 2. The van der Waals surface area contributed by atoms with Gasteiger partial charge >= 0.3 is 0 Å². The molecule has 1 aliphatic carbocycles. The number of hydrogen-bond donors (Lipinski definition) is 4. The van der Waals surface area contributed by atoms with Gasteiger partial charge in [0.2, 0.25) is 10.0 Å². The molecule has 2 aromatic carbocycles. The van der Waals surface area contributed by atoms with Gasteiger partial charge in [-0.15, -0.1) is 0 Å². The number of anilines is 1. The summed E-state index contributed by atoms with van der Waals surface area (Å²) in [4.78, 5) is 0. The summed E-state index contributed by atoms with van der Waals surface area (Å²) in [7, 11) is -1.82. The maximum absolute atomic E-state index is 11.4. The van der Waals surface area contributed by atoms with Crippen LogP contribution in [-0.4, -0.2) is 57.8 Å². The van der Waals surface area contributed by atoms with Gasteiger partial charge in [-0.3, -0.25) is 4.72 Å². The molecule has 3 rings (SSSR count). The molecular weight excluding hydrogens is 420 g/mol. The van der Waals surface area contributed by atoms with Gasteiger partial charge in [0.1, 0.15) is 30.0 Å². The average Bonchev–Trinajstić information content (AvgIpc) is 2.72. The normalized spacial score (nSPS) is 16.9. The van der Waals surface area contributed by atoms with Crippen LogP contribution >= 0.6 is 0 Å². The third-order valence-corrected chi connectivity index (χ3v) is 5.87. The Kier molecular flexibility index (Phi) is 7.64. The number of methoxy groups -OCH3 is 1. The molecule has 8 nitrogen and oxygen atoms in total. The summed E-state index contributed by atoms with van der Waals surface area (Å²) in [6.45, 7) is 1.23. The largest absolute Gasteiger partial charge is 0.506 e. The van der Waals surface area contributed by atoms with Crippen LogP contribution in [0.5, 0.6) is 17.2 Å². The molecule has 0 heterocycles. The lowest BCUT2D eigenvalue weighted by Gasteiger charge is -2.26. The third-order valence-electron chi connectivity index (χ3n) is 5.28. The quantitative estimate of drug-likeness (QED) is 0.409. The molecule has 0 bridgehead atoms. The van der Waals surface area contributed by atoms with Crippen molar-refractivity contribution in [2.75, 3.05) is 37.8 Å². The summed E-state index contributed by atoms with van der Waals surface area (Å²) in [5, 5.41) is 23.3. The Morgan fingerprint density at radius 1 is 1.26 bits per heavy atom. The molecule has 1 unspecified atom stereocenters. The zero-order valence-electron chi connectivity index (χ0n) is 17.8. The Labute approximate surface area is 183 Å². The van der Waals surface area contributed by atoms with Crippen molar-refractivity contribution in [1.82, 2.24) is 5.32 Å². The number of aliphatic hydroxyl groups is 1. The van der Waals surface area contributed by atoms with Crippen molar-refractivity contribution in [3.8, 4) is 17.2 Å². The van der Waals surface area contributed by atoms with E-state index < -0.39 is 16.1 Å². The minimum atomic E-state index is -3.53. The van der Waals surface area contributed by atoms with E-state index in [2.05, 4.69) is 16.1 Å². The van der Waals surface area contributed by atoms with Crippen LogP contribution in [0.3, 0.4) is 0 Å². The first-order chi connectivity index (χ1) is 14.7. The average molecular weight is 451 g/mol. The molecule has 9 heteroatoms. The lowest BCUT2D eigenvalue weighted by molar-refractivity contribution is 0.105. The van der Waals surface area contributed by atoms with Gasteiger partial charge in [-0.05, 0) is 61.1 Å². The molecule has 0 saturated carbocycles. The van der Waals surface area contributed by atoms with E-state index in [4.69, 9.17) is 9.47 Å². The molecule has 0 spiro atoms. The van der Waals surface area contributed by atoms with Crippen molar-refractivity contribution in [3.63, 3.8) is 0 Å². The van der Waals surface area contributed by atoms with E-state index >= 15 is 0 Å². The van der Waals surface area contributed by atoms with Crippen LogP contribution in [0.15, 0.2) is 36.4 Å². The fourth-order valence-corrected chi connectivity index (χ4v) is 4.37. The van der Waals surface area contributed by atoms with Gasteiger partial charge in [-0.2, -0.15) is 0 Å². The van der Waals surface area contributed by atoms with Crippen LogP contribution in [0.25, 0.3) is 0 Å². The third kappa shape index (κ3) is 6.75. The summed E-state index contributed by atoms with van der Waals surface area (Å²) < 4.78 is 35.9. The van der Waals surface area contributed by atoms with Crippen LogP contribution in [0.4, 0.5) is 5.69 Å². The molecule has 1 aliphatic rings. The van der Waals surface area contributed by atoms with E-state index in [1.54, 1.807) is 7.11 Å². The maximum Gasteiger partial charge on any atom is 0.229 e. The van der Waals surface area contributed by atoms with Crippen molar-refractivity contribution in [1.29, 1.82) is 0 Å². The van der Waals surface area contributed by atoms with Crippen molar-refractivity contribution < 1.29 is 28.1 Å². The van der Waals surface area contributed by atoms with E-state index in [-0.39, 0.29) is 18.0 Å². The molecule has 0 radical (unpaired) electrons. The molecule has 31 heavy (non-hydrogen) atoms. The minimum Gasteiger partial charge on any atom is -0.506 e. The predicted octanol–water partition coefficient (Wildman–Crippen LogP) is 1.91. The first kappa shape index (κ1) is 23.2. The molecule has 0 aliphatic heterocycles. The monoisotopic (exact) mass is 450 g/mol. The highest BCUT2D eigenvalue weighted by Crippen LogP contribution is 2.32. The summed E-state index contributed by atoms with van der Waals surface area (Å²) in [6, 6.07) is 10.4. The second-order valence-electron chi connectivity index (χ2n) is 7.88. The first-order valence-electron chi connectivity index (χ1n) is 10.2. The molecule has 0 saturated heterocycles. The highest BCUT2D eigenvalue weighted by molar-refractivity contribution is 7.92. The Hall–Kier alpha value is -2.49. The first-order valence-corrected chi connectivity index (χ1v) is 12.1. The number of aromatic hydroxyl groups is 1. The van der Waals surface area contributed by atoms with Gasteiger partial charge < -0.3 is 25.0 Å². The number of rotatable bonds is 10. The Morgan fingerprint density at radius 3 is 2.81 bits per heavy atom. The van der Waals surface area contributed by atoms with Gasteiger partial charge in [0.15, 0.2) is 0 Å². The second-order valence-corrected chi connectivity index (χ2v) is 9.63. The highest BCUT2D eigenvalue weighted by atomic mass is 32.2. The van der Waals surface area contributed by atoms with Crippen molar-refractivity contribution in [2.45, 2.75) is 25.4 Å². The van der Waals surface area contributed by atoms with Gasteiger partial charge in [0.25, 0.3) is 0 Å². The summed E-state index contributed by atoms with van der Waals surface area (Å²) in [5.41, 5.74) is 2.65. The Balaban J connectivity index is 1.43. The molecule has 0 amide bonds. The van der Waals surface area contributed by atoms with E-state index in [1.165, 1.54) is 29.3 Å².